The minimum absolute atomic E-state index is 0.141. The normalized spacial score (nSPS) is 23.0. The maximum atomic E-state index is 14.5. The third-order valence-electron chi connectivity index (χ3n) is 7.27. The quantitative estimate of drug-likeness (QED) is 0.433. The highest BCUT2D eigenvalue weighted by Crippen LogP contribution is 2.51. The van der Waals surface area contributed by atoms with Gasteiger partial charge in [-0.25, -0.2) is 14.2 Å². The van der Waals surface area contributed by atoms with Crippen LogP contribution in [0.1, 0.15) is 35.3 Å². The molecule has 0 spiro atoms. The van der Waals surface area contributed by atoms with Crippen LogP contribution in [-0.2, 0) is 9.53 Å². The van der Waals surface area contributed by atoms with Crippen LogP contribution in [0.3, 0.4) is 0 Å². The second-order valence-electron chi connectivity index (χ2n) is 10.3. The summed E-state index contributed by atoms with van der Waals surface area (Å²) in [5.41, 5.74) is 1.83. The zero-order valence-corrected chi connectivity index (χ0v) is 22.8. The molecule has 1 aromatic heterocycles. The van der Waals surface area contributed by atoms with Gasteiger partial charge in [0.1, 0.15) is 17.6 Å². The van der Waals surface area contributed by atoms with Crippen LogP contribution < -0.4 is 21.1 Å². The average Bonchev–Trinajstić information content (AvgIpc) is 3.29. The van der Waals surface area contributed by atoms with Crippen LogP contribution in [0.2, 0.25) is 0 Å². The number of nitrogens with zero attached hydrogens (tertiary/aromatic N) is 3. The number of hydrogen-bond donors (Lipinski definition) is 3. The number of carbonyl (C=O) groups is 3. The maximum absolute atomic E-state index is 14.5. The minimum atomic E-state index is -4.93. The van der Waals surface area contributed by atoms with E-state index in [0.29, 0.717) is 32.2 Å². The Bertz CT molecular complexity index is 1380. The Morgan fingerprint density at radius 2 is 1.79 bits per heavy atom. The number of hydrogen-bond acceptors (Lipinski definition) is 7. The van der Waals surface area contributed by atoms with Crippen molar-refractivity contribution in [3.8, 4) is 5.75 Å². The van der Waals surface area contributed by atoms with E-state index in [1.165, 1.54) is 11.0 Å². The van der Waals surface area contributed by atoms with Crippen molar-refractivity contribution in [2.75, 3.05) is 51.0 Å². The van der Waals surface area contributed by atoms with Gasteiger partial charge in [-0.1, -0.05) is 6.07 Å². The largest absolute Gasteiger partial charge is 0.493 e. The third-order valence-corrected chi connectivity index (χ3v) is 7.27. The fourth-order valence-corrected chi connectivity index (χ4v) is 4.88. The number of nitrogens with two attached hydrogens (primary N) is 1. The van der Waals surface area contributed by atoms with Gasteiger partial charge in [0.2, 0.25) is 5.82 Å². The predicted octanol–water partition coefficient (Wildman–Crippen LogP) is 3.08. The molecule has 2 saturated heterocycles. The number of amides is 4. The molecular formula is C26H29F5N6O5. The van der Waals surface area contributed by atoms with Gasteiger partial charge >= 0.3 is 12.2 Å². The van der Waals surface area contributed by atoms with Crippen LogP contribution >= 0.6 is 0 Å². The summed E-state index contributed by atoms with van der Waals surface area (Å²) in [6, 6.07) is 3.46. The van der Waals surface area contributed by atoms with Gasteiger partial charge in [0.25, 0.3) is 11.8 Å². The van der Waals surface area contributed by atoms with E-state index in [4.69, 9.17) is 15.2 Å². The molecule has 2 aliphatic rings. The van der Waals surface area contributed by atoms with Gasteiger partial charge in [-0.2, -0.15) is 17.6 Å². The highest BCUT2D eigenvalue weighted by molar-refractivity contribution is 5.99. The van der Waals surface area contributed by atoms with Crippen LogP contribution in [0.5, 0.6) is 5.75 Å². The zero-order valence-electron chi connectivity index (χ0n) is 22.8. The second kappa shape index (κ2) is 11.7. The smallest absolute Gasteiger partial charge is 0.417 e. The van der Waals surface area contributed by atoms with Crippen LogP contribution in [-0.4, -0.2) is 90.8 Å². The molecule has 2 aromatic rings. The summed E-state index contributed by atoms with van der Waals surface area (Å²) >= 11 is 0. The molecule has 11 nitrogen and oxygen atoms in total. The number of rotatable bonds is 6. The molecule has 0 radical (unpaired) electrons. The van der Waals surface area contributed by atoms with Crippen molar-refractivity contribution in [1.29, 1.82) is 0 Å². The highest BCUT2D eigenvalue weighted by atomic mass is 19.4. The number of nitrogens with one attached hydrogen (secondary N) is 2. The lowest BCUT2D eigenvalue weighted by atomic mass is 9.85. The van der Waals surface area contributed by atoms with Gasteiger partial charge in [-0.15, -0.1) is 0 Å². The number of pyridine rings is 1. The second-order valence-corrected chi connectivity index (χ2v) is 10.3. The van der Waals surface area contributed by atoms with Gasteiger partial charge in [-0.3, -0.25) is 14.9 Å². The Labute approximate surface area is 237 Å². The van der Waals surface area contributed by atoms with Gasteiger partial charge in [0.05, 0.1) is 7.11 Å². The molecular weight excluding hydrogens is 571 g/mol. The Morgan fingerprint density at radius 1 is 1.12 bits per heavy atom. The predicted molar refractivity (Wildman–Crippen MR) is 139 cm³/mol. The summed E-state index contributed by atoms with van der Waals surface area (Å²) in [6.45, 7) is 2.85. The lowest BCUT2D eigenvalue weighted by Crippen LogP contribution is -2.48. The van der Waals surface area contributed by atoms with Gasteiger partial charge in [0.15, 0.2) is 17.2 Å². The van der Waals surface area contributed by atoms with Crippen molar-refractivity contribution in [3.05, 3.63) is 47.2 Å². The van der Waals surface area contributed by atoms with Crippen molar-refractivity contribution in [2.24, 2.45) is 5.73 Å². The van der Waals surface area contributed by atoms with Gasteiger partial charge in [-0.05, 0) is 32.5 Å². The summed E-state index contributed by atoms with van der Waals surface area (Å²) in [5, 5.41) is 4.89. The van der Waals surface area contributed by atoms with E-state index in [9.17, 15) is 36.3 Å². The molecule has 4 amide bonds. The van der Waals surface area contributed by atoms with Gasteiger partial charge < -0.3 is 30.3 Å². The SMILES string of the molecule is COc1c([C@@H]2C[C@](C)(C(F)(F)F)O[C@H]2C(=O)Nc2cc(NC(=O)N3CCN(C)CC3)nc(C(N)=O)c2)ccc(F)c1F. The molecule has 0 saturated carbocycles. The molecule has 42 heavy (non-hydrogen) atoms. The number of anilines is 2. The van der Waals surface area contributed by atoms with Crippen LogP contribution in [0.25, 0.3) is 0 Å². The maximum Gasteiger partial charge on any atom is 0.417 e. The van der Waals surface area contributed by atoms with E-state index in [1.807, 2.05) is 11.9 Å². The molecule has 1 aromatic carbocycles. The monoisotopic (exact) mass is 600 g/mol. The standard InChI is InChI=1S/C26H29F5N6O5/c1-25(26(29,30)31)12-15(14-4-5-16(27)19(28)20(14)41-3)21(42-25)23(39)33-13-10-17(22(32)38)34-18(11-13)35-24(40)37-8-6-36(2)7-9-37/h4-5,10-11,15,21H,6-9,12H2,1-3H3,(H2,32,38)(H2,33,34,35,39,40)/t15-,21+,25+/m0/s1. The van der Waals surface area contributed by atoms with Crippen molar-refractivity contribution in [1.82, 2.24) is 14.8 Å². The Morgan fingerprint density at radius 3 is 2.38 bits per heavy atom. The van der Waals surface area contributed by atoms with Crippen LogP contribution in [0.4, 0.5) is 38.3 Å². The Hall–Kier alpha value is -4.05. The molecule has 4 rings (SSSR count). The van der Waals surface area contributed by atoms with Crippen LogP contribution in [0, 0.1) is 11.6 Å². The van der Waals surface area contributed by atoms with E-state index in [-0.39, 0.29) is 22.8 Å². The molecule has 2 fully saturated rings. The summed E-state index contributed by atoms with van der Waals surface area (Å²) in [4.78, 5) is 45.6. The van der Waals surface area contributed by atoms with Crippen molar-refractivity contribution in [2.45, 2.75) is 37.1 Å². The van der Waals surface area contributed by atoms with Crippen LogP contribution in [0.15, 0.2) is 24.3 Å². The number of halogens is 5. The number of alkyl halides is 3. The third kappa shape index (κ3) is 6.23. The summed E-state index contributed by atoms with van der Waals surface area (Å²) < 4.78 is 80.5. The number of carbonyl (C=O) groups excluding carboxylic acids is 3. The molecule has 4 N–H and O–H groups in total. The zero-order chi connectivity index (χ0) is 31.0. The molecule has 0 aliphatic carbocycles. The number of benzene rings is 1. The first kappa shape index (κ1) is 30.9. The summed E-state index contributed by atoms with van der Waals surface area (Å²) in [6.07, 6.45) is -7.60. The van der Waals surface area contributed by atoms with Crippen molar-refractivity contribution in [3.63, 3.8) is 0 Å². The lowest BCUT2D eigenvalue weighted by Gasteiger charge is -2.32. The number of piperazine rings is 1. The fraction of sp³-hybridized carbons (Fsp3) is 0.462. The molecule has 0 bridgehead atoms. The molecule has 0 unspecified atom stereocenters. The number of aromatic nitrogens is 1. The topological polar surface area (TPSA) is 139 Å². The van der Waals surface area contributed by atoms with Gasteiger partial charge in [0, 0.05) is 49.4 Å². The first-order valence-electron chi connectivity index (χ1n) is 12.8. The van der Waals surface area contributed by atoms with Crippen molar-refractivity contribution >= 4 is 29.4 Å². The number of ether oxygens (including phenoxy) is 2. The van der Waals surface area contributed by atoms with E-state index in [2.05, 4.69) is 15.6 Å². The minimum Gasteiger partial charge on any atom is -0.493 e. The van der Waals surface area contributed by atoms with E-state index in [0.717, 1.165) is 26.2 Å². The molecule has 16 heteroatoms. The van der Waals surface area contributed by atoms with Crippen molar-refractivity contribution < 1.29 is 45.8 Å². The number of primary amides is 1. The molecule has 3 heterocycles. The van der Waals surface area contributed by atoms with E-state index < -0.39 is 65.4 Å². The number of urea groups is 1. The molecule has 2 aliphatic heterocycles. The Balaban J connectivity index is 1.64. The average molecular weight is 601 g/mol. The van der Waals surface area contributed by atoms with E-state index >= 15 is 0 Å². The highest BCUT2D eigenvalue weighted by Gasteiger charge is 2.61. The fourth-order valence-electron chi connectivity index (χ4n) is 4.88. The number of methoxy groups -OCH3 is 1. The molecule has 228 valence electrons. The summed E-state index contributed by atoms with van der Waals surface area (Å²) in [5.74, 6) is -7.08. The molecule has 3 atom stereocenters. The lowest BCUT2D eigenvalue weighted by molar-refractivity contribution is -0.261. The number of likely N-dealkylation sites (N-methyl/N-ethyl adjacent to an activating group) is 1. The first-order chi connectivity index (χ1) is 19.6. The Kier molecular flexibility index (Phi) is 8.59. The first-order valence-corrected chi connectivity index (χ1v) is 12.8. The summed E-state index contributed by atoms with van der Waals surface area (Å²) in [7, 11) is 2.91. The van der Waals surface area contributed by atoms with E-state index in [1.54, 1.807) is 0 Å².